The lowest BCUT2D eigenvalue weighted by molar-refractivity contribution is -0.133. The van der Waals surface area contributed by atoms with Gasteiger partial charge in [-0.1, -0.05) is 48.0 Å². The second-order valence-electron chi connectivity index (χ2n) is 6.61. The molecule has 0 bridgehead atoms. The summed E-state index contributed by atoms with van der Waals surface area (Å²) in [6, 6.07) is 13.9. The summed E-state index contributed by atoms with van der Waals surface area (Å²) in [6.45, 7) is 3.52. The molecule has 1 aliphatic heterocycles. The number of halogens is 4. The minimum absolute atomic E-state index is 0. The lowest BCUT2D eigenvalue weighted by atomic mass is 10.0. The van der Waals surface area contributed by atoms with Gasteiger partial charge in [0.1, 0.15) is 5.82 Å². The van der Waals surface area contributed by atoms with E-state index < -0.39 is 0 Å². The molecule has 154 valence electrons. The van der Waals surface area contributed by atoms with Gasteiger partial charge in [0.15, 0.2) is 0 Å². The van der Waals surface area contributed by atoms with E-state index in [0.29, 0.717) is 31.1 Å². The molecule has 0 aromatic heterocycles. The van der Waals surface area contributed by atoms with Gasteiger partial charge < -0.3 is 10.6 Å². The molecule has 0 saturated carbocycles. The molecule has 3 rings (SSSR count). The number of nitrogens with zero attached hydrogens (tertiary/aromatic N) is 2. The van der Waals surface area contributed by atoms with Gasteiger partial charge >= 0.3 is 0 Å². The predicted octanol–water partition coefficient (Wildman–Crippen LogP) is 4.06. The van der Waals surface area contributed by atoms with Crippen molar-refractivity contribution in [3.8, 4) is 0 Å². The molecule has 1 atom stereocenters. The fraction of sp³-hybridized carbons (Fsp3) is 0.350. The van der Waals surface area contributed by atoms with E-state index in [1.165, 1.54) is 12.1 Å². The van der Waals surface area contributed by atoms with E-state index >= 15 is 0 Å². The highest BCUT2D eigenvalue weighted by molar-refractivity contribution is 6.31. The number of hydrogen-bond acceptors (Lipinski definition) is 3. The van der Waals surface area contributed by atoms with Gasteiger partial charge in [-0.2, -0.15) is 0 Å². The zero-order valence-electron chi connectivity index (χ0n) is 15.4. The Morgan fingerprint density at radius 3 is 2.32 bits per heavy atom. The van der Waals surface area contributed by atoms with E-state index in [0.717, 1.165) is 24.2 Å². The second-order valence-corrected chi connectivity index (χ2v) is 7.02. The summed E-state index contributed by atoms with van der Waals surface area (Å²) in [7, 11) is 0. The molecule has 0 aliphatic carbocycles. The van der Waals surface area contributed by atoms with Gasteiger partial charge in [0, 0.05) is 50.2 Å². The normalized spacial score (nSPS) is 15.3. The van der Waals surface area contributed by atoms with Crippen molar-refractivity contribution in [2.75, 3.05) is 26.2 Å². The number of piperazine rings is 1. The molecule has 1 fully saturated rings. The Bertz CT molecular complexity index is 756. The third-order valence-electron chi connectivity index (χ3n) is 4.76. The molecule has 4 nitrogen and oxygen atoms in total. The molecule has 28 heavy (non-hydrogen) atoms. The average molecular weight is 449 g/mol. The minimum Gasteiger partial charge on any atom is -0.340 e. The smallest absolute Gasteiger partial charge is 0.224 e. The van der Waals surface area contributed by atoms with Crippen molar-refractivity contribution in [2.45, 2.75) is 19.0 Å². The fourth-order valence-electron chi connectivity index (χ4n) is 3.18. The highest BCUT2D eigenvalue weighted by atomic mass is 35.5. The SMILES string of the molecule is Cl.Cl.NC(CC(=O)N1CCN(Cc2ccc(F)cc2Cl)CC1)c1ccccc1. The first kappa shape index (κ1) is 24.7. The molecule has 2 aromatic carbocycles. The Labute approximate surface area is 182 Å². The first-order valence-corrected chi connectivity index (χ1v) is 9.15. The van der Waals surface area contributed by atoms with Crippen molar-refractivity contribution in [1.29, 1.82) is 0 Å². The molecule has 1 unspecified atom stereocenters. The quantitative estimate of drug-likeness (QED) is 0.750. The van der Waals surface area contributed by atoms with Crippen LogP contribution in [-0.2, 0) is 11.3 Å². The van der Waals surface area contributed by atoms with E-state index in [4.69, 9.17) is 17.3 Å². The van der Waals surface area contributed by atoms with Crippen LogP contribution in [0.15, 0.2) is 48.5 Å². The van der Waals surface area contributed by atoms with E-state index in [1.54, 1.807) is 6.07 Å². The molecule has 2 N–H and O–H groups in total. The maximum Gasteiger partial charge on any atom is 0.224 e. The van der Waals surface area contributed by atoms with Gasteiger partial charge in [-0.15, -0.1) is 24.8 Å². The zero-order chi connectivity index (χ0) is 18.5. The number of rotatable bonds is 5. The van der Waals surface area contributed by atoms with Gasteiger partial charge in [0.25, 0.3) is 0 Å². The molecule has 8 heteroatoms. The Hall–Kier alpha value is -1.37. The number of amides is 1. The molecule has 2 aromatic rings. The maximum atomic E-state index is 13.1. The summed E-state index contributed by atoms with van der Waals surface area (Å²) in [6.07, 6.45) is 0.313. The van der Waals surface area contributed by atoms with Crippen LogP contribution >= 0.6 is 36.4 Å². The first-order chi connectivity index (χ1) is 12.5. The van der Waals surface area contributed by atoms with Crippen LogP contribution in [0.1, 0.15) is 23.6 Å². The first-order valence-electron chi connectivity index (χ1n) is 8.77. The summed E-state index contributed by atoms with van der Waals surface area (Å²) < 4.78 is 13.1. The monoisotopic (exact) mass is 447 g/mol. The summed E-state index contributed by atoms with van der Waals surface area (Å²) in [5.41, 5.74) is 8.04. The van der Waals surface area contributed by atoms with Crippen molar-refractivity contribution >= 4 is 42.3 Å². The van der Waals surface area contributed by atoms with Gasteiger partial charge in [0.2, 0.25) is 5.91 Å². The van der Waals surface area contributed by atoms with Crippen LogP contribution in [0.5, 0.6) is 0 Å². The van der Waals surface area contributed by atoms with Crippen molar-refractivity contribution in [3.63, 3.8) is 0 Å². The Morgan fingerprint density at radius 1 is 1.07 bits per heavy atom. The molecule has 1 aliphatic rings. The number of carbonyl (C=O) groups excluding carboxylic acids is 1. The molecule has 0 radical (unpaired) electrons. The zero-order valence-corrected chi connectivity index (χ0v) is 17.8. The fourth-order valence-corrected chi connectivity index (χ4v) is 3.41. The molecular weight excluding hydrogens is 424 g/mol. The largest absolute Gasteiger partial charge is 0.340 e. The van der Waals surface area contributed by atoms with Gasteiger partial charge in [0.05, 0.1) is 0 Å². The van der Waals surface area contributed by atoms with E-state index in [2.05, 4.69) is 4.90 Å². The van der Waals surface area contributed by atoms with Crippen molar-refractivity contribution < 1.29 is 9.18 Å². The van der Waals surface area contributed by atoms with Crippen LogP contribution in [0.3, 0.4) is 0 Å². The van der Waals surface area contributed by atoms with E-state index in [9.17, 15) is 9.18 Å². The molecule has 0 spiro atoms. The van der Waals surface area contributed by atoms with Gasteiger partial charge in [-0.25, -0.2) is 4.39 Å². The van der Waals surface area contributed by atoms with Gasteiger partial charge in [-0.3, -0.25) is 9.69 Å². The number of carbonyl (C=O) groups is 1. The molecule has 1 saturated heterocycles. The molecule has 1 amide bonds. The Kier molecular flexibility index (Phi) is 10.2. The van der Waals surface area contributed by atoms with Crippen LogP contribution in [0, 0.1) is 5.82 Å². The van der Waals surface area contributed by atoms with Crippen molar-refractivity contribution in [1.82, 2.24) is 9.80 Å². The van der Waals surface area contributed by atoms with E-state index in [-0.39, 0.29) is 42.6 Å². The second kappa shape index (κ2) is 11.6. The maximum absolute atomic E-state index is 13.1. The van der Waals surface area contributed by atoms with E-state index in [1.807, 2.05) is 35.2 Å². The van der Waals surface area contributed by atoms with Crippen LogP contribution in [0.2, 0.25) is 5.02 Å². The summed E-state index contributed by atoms with van der Waals surface area (Å²) in [4.78, 5) is 16.6. The van der Waals surface area contributed by atoms with Crippen LogP contribution in [-0.4, -0.2) is 41.9 Å². The summed E-state index contributed by atoms with van der Waals surface area (Å²) in [5, 5.41) is 0.442. The van der Waals surface area contributed by atoms with Crippen LogP contribution < -0.4 is 5.73 Å². The summed E-state index contributed by atoms with van der Waals surface area (Å²) >= 11 is 6.10. The predicted molar refractivity (Wildman–Crippen MR) is 116 cm³/mol. The third-order valence-corrected chi connectivity index (χ3v) is 5.11. The number of hydrogen-bond donors (Lipinski definition) is 1. The summed E-state index contributed by atoms with van der Waals surface area (Å²) in [5.74, 6) is -0.246. The number of nitrogens with two attached hydrogens (primary N) is 1. The standard InChI is InChI=1S/C20H23ClFN3O.2ClH/c21-18-12-17(22)7-6-16(18)14-24-8-10-25(11-9-24)20(26)13-19(23)15-4-2-1-3-5-15;;/h1-7,12,19H,8-11,13-14,23H2;2*1H. The lowest BCUT2D eigenvalue weighted by Gasteiger charge is -2.35. The third kappa shape index (κ3) is 6.61. The van der Waals surface area contributed by atoms with Crippen molar-refractivity contribution in [2.24, 2.45) is 5.73 Å². The lowest BCUT2D eigenvalue weighted by Crippen LogP contribution is -2.48. The average Bonchev–Trinajstić information content (AvgIpc) is 2.65. The number of benzene rings is 2. The Morgan fingerprint density at radius 2 is 1.71 bits per heavy atom. The minimum atomic E-state index is -0.330. The van der Waals surface area contributed by atoms with Crippen molar-refractivity contribution in [3.05, 3.63) is 70.5 Å². The highest BCUT2D eigenvalue weighted by Gasteiger charge is 2.23. The molecular formula is C20H25Cl3FN3O. The van der Waals surface area contributed by atoms with Crippen LogP contribution in [0.25, 0.3) is 0 Å². The van der Waals surface area contributed by atoms with Gasteiger partial charge in [-0.05, 0) is 23.3 Å². The Balaban J connectivity index is 0.00000196. The van der Waals surface area contributed by atoms with Crippen LogP contribution in [0.4, 0.5) is 4.39 Å². The highest BCUT2D eigenvalue weighted by Crippen LogP contribution is 2.20. The topological polar surface area (TPSA) is 49.6 Å². The molecule has 1 heterocycles.